The van der Waals surface area contributed by atoms with Gasteiger partial charge in [-0.1, -0.05) is 6.07 Å². The summed E-state index contributed by atoms with van der Waals surface area (Å²) in [5.41, 5.74) is 0.284. The van der Waals surface area contributed by atoms with E-state index in [1.165, 1.54) is 17.0 Å². The van der Waals surface area contributed by atoms with Crippen LogP contribution in [0.25, 0.3) is 0 Å². The number of hydrogen-bond acceptors (Lipinski definition) is 3. The molecular weight excluding hydrogens is 280 g/mol. The van der Waals surface area contributed by atoms with Crippen molar-refractivity contribution in [2.24, 2.45) is 0 Å². The summed E-state index contributed by atoms with van der Waals surface area (Å²) < 4.78 is 26.2. The van der Waals surface area contributed by atoms with Crippen LogP contribution in [-0.2, 0) is 6.54 Å². The maximum atomic E-state index is 13.1. The minimum atomic E-state index is -0.856. The van der Waals surface area contributed by atoms with E-state index in [0.29, 0.717) is 13.0 Å². The molecule has 1 aromatic carbocycles. The molecule has 0 aliphatic heterocycles. The minimum absolute atomic E-state index is 0.284. The fourth-order valence-corrected chi connectivity index (χ4v) is 2.81. The first-order valence-electron chi connectivity index (χ1n) is 6.39. The van der Waals surface area contributed by atoms with E-state index in [0.717, 1.165) is 12.6 Å². The van der Waals surface area contributed by atoms with Crippen LogP contribution < -0.4 is 0 Å². The van der Waals surface area contributed by atoms with Crippen molar-refractivity contribution in [1.82, 2.24) is 4.90 Å². The molecule has 2 nitrogen and oxygen atoms in total. The second kappa shape index (κ2) is 6.92. The Morgan fingerprint density at radius 1 is 1.25 bits per heavy atom. The predicted octanol–water partition coefficient (Wildman–Crippen LogP) is 3.58. The van der Waals surface area contributed by atoms with Gasteiger partial charge in [-0.2, -0.15) is 0 Å². The summed E-state index contributed by atoms with van der Waals surface area (Å²) in [4.78, 5) is 3.32. The lowest BCUT2D eigenvalue weighted by atomic mass is 10.1. The van der Waals surface area contributed by atoms with E-state index in [9.17, 15) is 13.9 Å². The second-order valence-electron chi connectivity index (χ2n) is 4.82. The van der Waals surface area contributed by atoms with E-state index in [4.69, 9.17) is 0 Å². The molecule has 5 heteroatoms. The highest BCUT2D eigenvalue weighted by atomic mass is 32.1. The number of benzene rings is 1. The van der Waals surface area contributed by atoms with Crippen LogP contribution >= 0.6 is 11.3 Å². The zero-order valence-corrected chi connectivity index (χ0v) is 12.0. The van der Waals surface area contributed by atoms with Crippen molar-refractivity contribution in [3.8, 4) is 0 Å². The van der Waals surface area contributed by atoms with E-state index < -0.39 is 17.7 Å². The highest BCUT2D eigenvalue weighted by Gasteiger charge is 2.12. The number of nitrogens with zero attached hydrogens (tertiary/aromatic N) is 1. The Labute approximate surface area is 121 Å². The first-order valence-corrected chi connectivity index (χ1v) is 7.27. The van der Waals surface area contributed by atoms with Crippen LogP contribution in [0.3, 0.4) is 0 Å². The number of hydrogen-bond donors (Lipinski definition) is 1. The molecule has 2 rings (SSSR count). The van der Waals surface area contributed by atoms with Gasteiger partial charge in [-0.3, -0.25) is 0 Å². The van der Waals surface area contributed by atoms with E-state index in [1.54, 1.807) is 11.3 Å². The third-order valence-electron chi connectivity index (χ3n) is 3.06. The van der Waals surface area contributed by atoms with Crippen molar-refractivity contribution in [3.05, 3.63) is 57.8 Å². The minimum Gasteiger partial charge on any atom is -0.388 e. The van der Waals surface area contributed by atoms with Crippen LogP contribution in [0.1, 0.15) is 23.0 Å². The first-order chi connectivity index (χ1) is 9.54. The molecule has 0 bridgehead atoms. The Morgan fingerprint density at radius 2 is 1.95 bits per heavy atom. The quantitative estimate of drug-likeness (QED) is 0.881. The molecule has 1 N–H and O–H groups in total. The molecule has 0 amide bonds. The van der Waals surface area contributed by atoms with Crippen molar-refractivity contribution in [2.75, 3.05) is 13.6 Å². The Balaban J connectivity index is 1.86. The lowest BCUT2D eigenvalue weighted by Crippen LogP contribution is -2.20. The smallest absolute Gasteiger partial charge is 0.126 e. The van der Waals surface area contributed by atoms with Gasteiger partial charge in [0.1, 0.15) is 11.6 Å². The van der Waals surface area contributed by atoms with E-state index in [-0.39, 0.29) is 5.56 Å². The Hall–Kier alpha value is -1.30. The maximum absolute atomic E-state index is 13.1. The SMILES string of the molecule is CN(CCC(O)c1cc(F)cc(F)c1)Cc1cccs1. The largest absolute Gasteiger partial charge is 0.388 e. The van der Waals surface area contributed by atoms with Gasteiger partial charge in [-0.25, -0.2) is 8.78 Å². The summed E-state index contributed by atoms with van der Waals surface area (Å²) in [6.07, 6.45) is -0.420. The summed E-state index contributed by atoms with van der Waals surface area (Å²) >= 11 is 1.68. The van der Waals surface area contributed by atoms with Gasteiger partial charge in [0.25, 0.3) is 0 Å². The summed E-state index contributed by atoms with van der Waals surface area (Å²) in [5, 5.41) is 12.0. The molecule has 0 saturated heterocycles. The zero-order valence-electron chi connectivity index (χ0n) is 11.2. The molecule has 0 spiro atoms. The normalized spacial score (nSPS) is 12.8. The number of aliphatic hydroxyl groups excluding tert-OH is 1. The Bertz CT molecular complexity index is 525. The van der Waals surface area contributed by atoms with E-state index in [1.807, 2.05) is 18.5 Å². The molecule has 0 saturated carbocycles. The number of aliphatic hydroxyl groups is 1. The number of thiophene rings is 1. The standard InChI is InChI=1S/C15H17F2NOS/c1-18(10-14-3-2-6-20-14)5-4-15(19)11-7-12(16)9-13(17)8-11/h2-3,6-9,15,19H,4-5,10H2,1H3. The monoisotopic (exact) mass is 297 g/mol. The van der Waals surface area contributed by atoms with Crippen LogP contribution in [0.2, 0.25) is 0 Å². The van der Waals surface area contributed by atoms with Crippen molar-refractivity contribution in [1.29, 1.82) is 0 Å². The molecule has 0 fully saturated rings. The van der Waals surface area contributed by atoms with E-state index in [2.05, 4.69) is 11.0 Å². The van der Waals surface area contributed by atoms with Gasteiger partial charge < -0.3 is 10.0 Å². The van der Waals surface area contributed by atoms with Gasteiger partial charge in [0.2, 0.25) is 0 Å². The van der Waals surface area contributed by atoms with Crippen molar-refractivity contribution >= 4 is 11.3 Å². The summed E-state index contributed by atoms with van der Waals surface area (Å²) in [5.74, 6) is -1.32. The molecule has 1 heterocycles. The lowest BCUT2D eigenvalue weighted by molar-refractivity contribution is 0.147. The van der Waals surface area contributed by atoms with Crippen molar-refractivity contribution in [3.63, 3.8) is 0 Å². The first kappa shape index (κ1) is 15.1. The van der Waals surface area contributed by atoms with Gasteiger partial charge in [0.15, 0.2) is 0 Å². The fraction of sp³-hybridized carbons (Fsp3) is 0.333. The molecule has 0 aliphatic rings. The average Bonchev–Trinajstić information content (AvgIpc) is 2.87. The van der Waals surface area contributed by atoms with Crippen LogP contribution in [0.4, 0.5) is 8.78 Å². The summed E-state index contributed by atoms with van der Waals surface area (Å²) in [7, 11) is 1.96. The van der Waals surface area contributed by atoms with Crippen molar-refractivity contribution in [2.45, 2.75) is 19.1 Å². The van der Waals surface area contributed by atoms with Gasteiger partial charge in [-0.05, 0) is 42.6 Å². The van der Waals surface area contributed by atoms with E-state index >= 15 is 0 Å². The predicted molar refractivity (Wildman–Crippen MR) is 76.6 cm³/mol. The molecule has 108 valence electrons. The van der Waals surface area contributed by atoms with Crippen LogP contribution in [0.5, 0.6) is 0 Å². The Morgan fingerprint density at radius 3 is 2.55 bits per heavy atom. The number of rotatable bonds is 6. The highest BCUT2D eigenvalue weighted by molar-refractivity contribution is 7.09. The molecule has 0 aliphatic carbocycles. The maximum Gasteiger partial charge on any atom is 0.126 e. The van der Waals surface area contributed by atoms with Crippen LogP contribution in [0.15, 0.2) is 35.7 Å². The van der Waals surface area contributed by atoms with Crippen LogP contribution in [0, 0.1) is 11.6 Å². The molecule has 1 unspecified atom stereocenters. The topological polar surface area (TPSA) is 23.5 Å². The van der Waals surface area contributed by atoms with Gasteiger partial charge in [-0.15, -0.1) is 11.3 Å². The molecule has 20 heavy (non-hydrogen) atoms. The van der Waals surface area contributed by atoms with Crippen LogP contribution in [-0.4, -0.2) is 23.6 Å². The Kier molecular flexibility index (Phi) is 5.23. The fourth-order valence-electron chi connectivity index (χ4n) is 2.02. The second-order valence-corrected chi connectivity index (χ2v) is 5.86. The highest BCUT2D eigenvalue weighted by Crippen LogP contribution is 2.20. The third-order valence-corrected chi connectivity index (χ3v) is 3.92. The van der Waals surface area contributed by atoms with Crippen molar-refractivity contribution < 1.29 is 13.9 Å². The molecule has 1 aromatic heterocycles. The molecule has 1 atom stereocenters. The average molecular weight is 297 g/mol. The number of halogens is 2. The van der Waals surface area contributed by atoms with Gasteiger partial charge >= 0.3 is 0 Å². The molecule has 2 aromatic rings. The molecule has 0 radical (unpaired) electrons. The lowest BCUT2D eigenvalue weighted by Gasteiger charge is -2.18. The third kappa shape index (κ3) is 4.37. The molecular formula is C15H17F2NOS. The van der Waals surface area contributed by atoms with Gasteiger partial charge in [0.05, 0.1) is 6.10 Å². The summed E-state index contributed by atoms with van der Waals surface area (Å²) in [6.45, 7) is 1.46. The van der Waals surface area contributed by atoms with Gasteiger partial charge in [0, 0.05) is 24.0 Å². The zero-order chi connectivity index (χ0) is 14.5. The summed E-state index contributed by atoms with van der Waals surface area (Å²) in [6, 6.07) is 7.21.